The van der Waals surface area contributed by atoms with Gasteiger partial charge in [0.15, 0.2) is 0 Å². The summed E-state index contributed by atoms with van der Waals surface area (Å²) in [5.74, 6) is 1.73. The predicted octanol–water partition coefficient (Wildman–Crippen LogP) is 4.30. The molecular formula is C18H30N2. The van der Waals surface area contributed by atoms with Crippen molar-refractivity contribution < 1.29 is 0 Å². The highest BCUT2D eigenvalue weighted by Gasteiger charge is 2.29. The van der Waals surface area contributed by atoms with Crippen molar-refractivity contribution in [2.45, 2.75) is 65.6 Å². The largest absolute Gasteiger partial charge is 0.399 e. The smallest absolute Gasteiger partial charge is 0.0314 e. The summed E-state index contributed by atoms with van der Waals surface area (Å²) in [5, 5.41) is 0. The lowest BCUT2D eigenvalue weighted by Crippen LogP contribution is -2.43. The van der Waals surface area contributed by atoms with Crippen molar-refractivity contribution >= 4 is 5.69 Å². The molecule has 1 aliphatic carbocycles. The van der Waals surface area contributed by atoms with Gasteiger partial charge in [-0.15, -0.1) is 0 Å². The van der Waals surface area contributed by atoms with E-state index >= 15 is 0 Å². The number of nitrogen functional groups attached to an aromatic ring is 1. The Kier molecular flexibility index (Phi) is 5.09. The summed E-state index contributed by atoms with van der Waals surface area (Å²) in [6.45, 7) is 10.5. The van der Waals surface area contributed by atoms with Gasteiger partial charge < -0.3 is 5.73 Å². The fourth-order valence-corrected chi connectivity index (χ4v) is 3.39. The van der Waals surface area contributed by atoms with Crippen LogP contribution in [0.3, 0.4) is 0 Å². The molecule has 0 spiro atoms. The lowest BCUT2D eigenvalue weighted by molar-refractivity contribution is 0.0765. The minimum atomic E-state index is 0.596. The molecule has 2 heteroatoms. The van der Waals surface area contributed by atoms with Gasteiger partial charge in [-0.2, -0.15) is 0 Å². The Hall–Kier alpha value is -1.02. The maximum atomic E-state index is 5.78. The van der Waals surface area contributed by atoms with Crippen LogP contribution in [0.5, 0.6) is 0 Å². The predicted molar refractivity (Wildman–Crippen MR) is 87.5 cm³/mol. The zero-order valence-corrected chi connectivity index (χ0v) is 13.5. The van der Waals surface area contributed by atoms with Crippen LogP contribution in [0.25, 0.3) is 0 Å². The van der Waals surface area contributed by atoms with Crippen molar-refractivity contribution in [3.63, 3.8) is 0 Å². The summed E-state index contributed by atoms with van der Waals surface area (Å²) in [6, 6.07) is 9.69. The van der Waals surface area contributed by atoms with Crippen molar-refractivity contribution in [2.75, 3.05) is 5.73 Å². The number of nitrogens with zero attached hydrogens (tertiary/aromatic N) is 1. The minimum absolute atomic E-state index is 0.596. The fourth-order valence-electron chi connectivity index (χ4n) is 3.39. The number of anilines is 1. The van der Waals surface area contributed by atoms with Gasteiger partial charge in [-0.05, 0) is 62.6 Å². The second kappa shape index (κ2) is 6.62. The zero-order chi connectivity index (χ0) is 14.7. The van der Waals surface area contributed by atoms with E-state index in [2.05, 4.69) is 44.7 Å². The summed E-state index contributed by atoms with van der Waals surface area (Å²) in [7, 11) is 0. The van der Waals surface area contributed by atoms with E-state index in [0.29, 0.717) is 6.04 Å². The molecule has 0 aliphatic heterocycles. The average Bonchev–Trinajstić information content (AvgIpc) is 2.41. The molecule has 1 aliphatic rings. The van der Waals surface area contributed by atoms with Crippen LogP contribution in [0.1, 0.15) is 52.5 Å². The van der Waals surface area contributed by atoms with Crippen molar-refractivity contribution in [2.24, 2.45) is 11.8 Å². The normalized spacial score (nSPS) is 27.2. The van der Waals surface area contributed by atoms with E-state index in [1.165, 1.54) is 24.8 Å². The Balaban J connectivity index is 2.05. The zero-order valence-electron chi connectivity index (χ0n) is 13.5. The van der Waals surface area contributed by atoms with Gasteiger partial charge in [-0.3, -0.25) is 4.90 Å². The molecule has 1 fully saturated rings. The standard InChI is InChI=1S/C18H30N2/c1-13(2)20(12-16-6-8-17(19)9-7-16)18-10-5-14(3)15(4)11-18/h6-9,13-15,18H,5,10-12,19H2,1-4H3. The topological polar surface area (TPSA) is 29.3 Å². The van der Waals surface area contributed by atoms with Gasteiger partial charge >= 0.3 is 0 Å². The molecule has 2 N–H and O–H groups in total. The highest BCUT2D eigenvalue weighted by Crippen LogP contribution is 2.33. The molecule has 0 bridgehead atoms. The quantitative estimate of drug-likeness (QED) is 0.829. The van der Waals surface area contributed by atoms with E-state index in [1.807, 2.05) is 12.1 Å². The van der Waals surface area contributed by atoms with Gasteiger partial charge in [0.05, 0.1) is 0 Å². The fraction of sp³-hybridized carbons (Fsp3) is 0.667. The molecular weight excluding hydrogens is 244 g/mol. The van der Waals surface area contributed by atoms with Crippen LogP contribution in [0.4, 0.5) is 5.69 Å². The lowest BCUT2D eigenvalue weighted by atomic mass is 9.78. The van der Waals surface area contributed by atoms with Gasteiger partial charge in [-0.25, -0.2) is 0 Å². The average molecular weight is 274 g/mol. The number of hydrogen-bond donors (Lipinski definition) is 1. The highest BCUT2D eigenvalue weighted by molar-refractivity contribution is 5.39. The first-order valence-corrected chi connectivity index (χ1v) is 8.07. The molecule has 0 radical (unpaired) electrons. The molecule has 1 aromatic carbocycles. The Labute approximate surface area is 124 Å². The van der Waals surface area contributed by atoms with E-state index in [1.54, 1.807) is 0 Å². The molecule has 3 atom stereocenters. The Bertz CT molecular complexity index is 410. The minimum Gasteiger partial charge on any atom is -0.399 e. The summed E-state index contributed by atoms with van der Waals surface area (Å²) in [6.07, 6.45) is 4.06. The van der Waals surface area contributed by atoms with E-state index in [9.17, 15) is 0 Å². The van der Waals surface area contributed by atoms with E-state index < -0.39 is 0 Å². The molecule has 0 amide bonds. The Morgan fingerprint density at radius 2 is 1.75 bits per heavy atom. The van der Waals surface area contributed by atoms with Crippen molar-refractivity contribution in [3.8, 4) is 0 Å². The third-order valence-corrected chi connectivity index (χ3v) is 5.05. The van der Waals surface area contributed by atoms with Crippen LogP contribution in [0, 0.1) is 11.8 Å². The Morgan fingerprint density at radius 1 is 1.10 bits per heavy atom. The molecule has 1 aromatic rings. The van der Waals surface area contributed by atoms with Gasteiger partial charge in [0.25, 0.3) is 0 Å². The maximum Gasteiger partial charge on any atom is 0.0314 e. The van der Waals surface area contributed by atoms with Crippen LogP contribution in [-0.4, -0.2) is 17.0 Å². The number of benzene rings is 1. The van der Waals surface area contributed by atoms with Gasteiger partial charge in [0.1, 0.15) is 0 Å². The van der Waals surface area contributed by atoms with Crippen LogP contribution in [0.2, 0.25) is 0 Å². The first-order chi connectivity index (χ1) is 9.47. The molecule has 3 unspecified atom stereocenters. The maximum absolute atomic E-state index is 5.78. The molecule has 2 rings (SSSR count). The molecule has 0 heterocycles. The molecule has 2 nitrogen and oxygen atoms in total. The second-order valence-corrected chi connectivity index (χ2v) is 6.93. The summed E-state index contributed by atoms with van der Waals surface area (Å²) >= 11 is 0. The summed E-state index contributed by atoms with van der Waals surface area (Å²) in [4.78, 5) is 2.67. The number of nitrogens with two attached hydrogens (primary N) is 1. The van der Waals surface area contributed by atoms with Crippen LogP contribution in [0.15, 0.2) is 24.3 Å². The molecule has 112 valence electrons. The number of hydrogen-bond acceptors (Lipinski definition) is 2. The monoisotopic (exact) mass is 274 g/mol. The molecule has 0 saturated heterocycles. The SMILES string of the molecule is CC1CCC(N(Cc2ccc(N)cc2)C(C)C)CC1C. The van der Waals surface area contributed by atoms with Gasteiger partial charge in [0.2, 0.25) is 0 Å². The van der Waals surface area contributed by atoms with Crippen LogP contribution in [-0.2, 0) is 6.54 Å². The number of rotatable bonds is 4. The van der Waals surface area contributed by atoms with Crippen LogP contribution >= 0.6 is 0 Å². The summed E-state index contributed by atoms with van der Waals surface area (Å²) < 4.78 is 0. The van der Waals surface area contributed by atoms with E-state index in [0.717, 1.165) is 30.1 Å². The van der Waals surface area contributed by atoms with E-state index in [-0.39, 0.29) is 0 Å². The van der Waals surface area contributed by atoms with Crippen LogP contribution < -0.4 is 5.73 Å². The third kappa shape index (κ3) is 3.76. The van der Waals surface area contributed by atoms with Gasteiger partial charge in [-0.1, -0.05) is 26.0 Å². The first-order valence-electron chi connectivity index (χ1n) is 8.07. The molecule has 20 heavy (non-hydrogen) atoms. The second-order valence-electron chi connectivity index (χ2n) is 6.93. The Morgan fingerprint density at radius 3 is 2.30 bits per heavy atom. The van der Waals surface area contributed by atoms with Gasteiger partial charge in [0, 0.05) is 24.3 Å². The van der Waals surface area contributed by atoms with Crippen molar-refractivity contribution in [3.05, 3.63) is 29.8 Å². The van der Waals surface area contributed by atoms with E-state index in [4.69, 9.17) is 5.73 Å². The summed E-state index contributed by atoms with van der Waals surface area (Å²) in [5.41, 5.74) is 8.01. The third-order valence-electron chi connectivity index (χ3n) is 5.05. The first kappa shape index (κ1) is 15.4. The molecule has 0 aromatic heterocycles. The highest BCUT2D eigenvalue weighted by atomic mass is 15.2. The van der Waals surface area contributed by atoms with Crippen molar-refractivity contribution in [1.82, 2.24) is 4.90 Å². The molecule has 1 saturated carbocycles. The lowest BCUT2D eigenvalue weighted by Gasteiger charge is -2.41. The van der Waals surface area contributed by atoms with Crippen molar-refractivity contribution in [1.29, 1.82) is 0 Å².